The summed E-state index contributed by atoms with van der Waals surface area (Å²) in [7, 11) is 1.72. The van der Waals surface area contributed by atoms with Gasteiger partial charge in [-0.1, -0.05) is 12.1 Å². The molecule has 1 heterocycles. The number of esters is 1. The van der Waals surface area contributed by atoms with E-state index in [0.29, 0.717) is 22.9 Å². The number of fused-ring (bicyclic) bond motifs is 1. The molecule has 1 aliphatic rings. The second-order valence-corrected chi connectivity index (χ2v) is 9.61. The summed E-state index contributed by atoms with van der Waals surface area (Å²) in [4.78, 5) is 60.1. The summed E-state index contributed by atoms with van der Waals surface area (Å²) in [6, 6.07) is 13.3. The molecule has 3 aromatic carbocycles. The smallest absolute Gasteiger partial charge is 0.313 e. The molecule has 0 unspecified atom stereocenters. The van der Waals surface area contributed by atoms with Gasteiger partial charge in [-0.05, 0) is 52.3 Å². The Labute approximate surface area is 244 Å². The monoisotopic (exact) mass is 642 g/mol. The third-order valence-corrected chi connectivity index (χ3v) is 6.92. The highest BCUT2D eigenvalue weighted by Gasteiger charge is 2.35. The average molecular weight is 643 g/mol. The maximum atomic E-state index is 14.3. The molecule has 0 fully saturated rings. The zero-order chi connectivity index (χ0) is 30.6. The summed E-state index contributed by atoms with van der Waals surface area (Å²) in [6.45, 7) is 0.0742. The van der Waals surface area contributed by atoms with E-state index in [2.05, 4.69) is 26.2 Å². The average Bonchev–Trinajstić information content (AvgIpc) is 3.21. The van der Waals surface area contributed by atoms with Crippen molar-refractivity contribution in [2.45, 2.75) is 6.42 Å². The highest BCUT2D eigenvalue weighted by molar-refractivity contribution is 9.10. The lowest BCUT2D eigenvalue weighted by Crippen LogP contribution is -2.33. The van der Waals surface area contributed by atoms with Crippen LogP contribution in [0.1, 0.15) is 27.1 Å². The van der Waals surface area contributed by atoms with Gasteiger partial charge in [-0.3, -0.25) is 39.5 Å². The Hall–Kier alpha value is -5.12. The maximum absolute atomic E-state index is 14.3. The van der Waals surface area contributed by atoms with Gasteiger partial charge in [0.15, 0.2) is 5.69 Å². The number of imide groups is 1. The van der Waals surface area contributed by atoms with Crippen LogP contribution in [-0.2, 0) is 9.53 Å². The number of hydrogen-bond acceptors (Lipinski definition) is 11. The van der Waals surface area contributed by atoms with Gasteiger partial charge in [0, 0.05) is 19.3 Å². The molecule has 4 rings (SSSR count). The molecule has 216 valence electrons. The third-order valence-electron chi connectivity index (χ3n) is 6.20. The van der Waals surface area contributed by atoms with E-state index in [1.165, 1.54) is 12.1 Å². The van der Waals surface area contributed by atoms with Crippen LogP contribution in [0.3, 0.4) is 0 Å². The van der Waals surface area contributed by atoms with Crippen LogP contribution in [-0.4, -0.2) is 59.3 Å². The Morgan fingerprint density at radius 3 is 2.17 bits per heavy atom. The van der Waals surface area contributed by atoms with E-state index in [-0.39, 0.29) is 31.8 Å². The second kappa shape index (κ2) is 12.6. The normalized spacial score (nSPS) is 12.5. The van der Waals surface area contributed by atoms with Crippen molar-refractivity contribution < 1.29 is 33.4 Å². The van der Waals surface area contributed by atoms with Crippen LogP contribution in [0.4, 0.5) is 32.8 Å². The van der Waals surface area contributed by atoms with Crippen molar-refractivity contribution in [3.05, 3.63) is 96.2 Å². The standard InChI is InChI=1S/C26H20BrFN6O8/c1-31(11-10-21(35)42-13-12-32-25(36)17-4-2-3-5-18(17)26(32)37)16-8-6-15(7-9-16)29-30-24-20(34(40)41)14-19(33(38)39)23(28)22(24)27/h2-9,14H,10-13H2,1H3/b30-29+. The number of rotatable bonds is 11. The Balaban J connectivity index is 1.30. The Kier molecular flexibility index (Phi) is 8.95. The van der Waals surface area contributed by atoms with E-state index in [1.54, 1.807) is 48.3 Å². The molecule has 2 amide bonds. The van der Waals surface area contributed by atoms with Gasteiger partial charge in [-0.2, -0.15) is 9.50 Å². The number of azo groups is 1. The molecule has 0 bridgehead atoms. The van der Waals surface area contributed by atoms with Crippen molar-refractivity contribution >= 4 is 62.2 Å². The van der Waals surface area contributed by atoms with Crippen molar-refractivity contribution in [2.75, 3.05) is 31.6 Å². The summed E-state index contributed by atoms with van der Waals surface area (Å²) in [6.07, 6.45) is 0.0173. The van der Waals surface area contributed by atoms with Gasteiger partial charge in [-0.15, -0.1) is 5.11 Å². The number of anilines is 1. The predicted octanol–water partition coefficient (Wildman–Crippen LogP) is 5.49. The van der Waals surface area contributed by atoms with Gasteiger partial charge in [0.1, 0.15) is 6.61 Å². The number of ether oxygens (including phenoxy) is 1. The van der Waals surface area contributed by atoms with Crippen LogP contribution >= 0.6 is 15.9 Å². The summed E-state index contributed by atoms with van der Waals surface area (Å²) < 4.78 is 18.9. The van der Waals surface area contributed by atoms with E-state index in [0.717, 1.165) is 4.90 Å². The van der Waals surface area contributed by atoms with Crippen molar-refractivity contribution in [2.24, 2.45) is 10.2 Å². The Morgan fingerprint density at radius 2 is 1.60 bits per heavy atom. The third kappa shape index (κ3) is 6.27. The topological polar surface area (TPSA) is 178 Å². The molecular weight excluding hydrogens is 623 g/mol. The quantitative estimate of drug-likeness (QED) is 0.0860. The minimum atomic E-state index is -1.32. The number of amides is 2. The lowest BCUT2D eigenvalue weighted by Gasteiger charge is -2.19. The predicted molar refractivity (Wildman–Crippen MR) is 149 cm³/mol. The number of carbonyl (C=O) groups is 3. The SMILES string of the molecule is CN(CCC(=O)OCCN1C(=O)c2ccccc2C1=O)c1ccc(/N=N/c2c([N+](=O)[O-])cc([N+](=O)[O-])c(F)c2Br)cc1. The van der Waals surface area contributed by atoms with E-state index >= 15 is 0 Å². The van der Waals surface area contributed by atoms with Crippen molar-refractivity contribution in [3.8, 4) is 0 Å². The van der Waals surface area contributed by atoms with Gasteiger partial charge in [-0.25, -0.2) is 0 Å². The lowest BCUT2D eigenvalue weighted by molar-refractivity contribution is -0.395. The molecule has 14 nitrogen and oxygen atoms in total. The molecule has 0 saturated carbocycles. The fraction of sp³-hybridized carbons (Fsp3) is 0.192. The zero-order valence-electron chi connectivity index (χ0n) is 21.7. The summed E-state index contributed by atoms with van der Waals surface area (Å²) in [5.41, 5.74) is -0.834. The first kappa shape index (κ1) is 29.9. The molecule has 0 aliphatic carbocycles. The van der Waals surface area contributed by atoms with E-state index < -0.39 is 55.0 Å². The number of halogens is 2. The molecule has 0 aromatic heterocycles. The van der Waals surface area contributed by atoms with Crippen LogP contribution < -0.4 is 4.90 Å². The maximum Gasteiger partial charge on any atom is 0.313 e. The van der Waals surface area contributed by atoms with Crippen molar-refractivity contribution in [1.82, 2.24) is 4.90 Å². The van der Waals surface area contributed by atoms with Gasteiger partial charge in [0.25, 0.3) is 11.8 Å². The van der Waals surface area contributed by atoms with Crippen LogP contribution in [0.25, 0.3) is 0 Å². The molecule has 16 heteroatoms. The van der Waals surface area contributed by atoms with Gasteiger partial charge >= 0.3 is 17.3 Å². The number of nitro groups is 2. The number of hydrogen-bond donors (Lipinski definition) is 0. The van der Waals surface area contributed by atoms with Gasteiger partial charge in [0.2, 0.25) is 5.82 Å². The lowest BCUT2D eigenvalue weighted by atomic mass is 10.1. The number of nitro benzene ring substituents is 2. The van der Waals surface area contributed by atoms with Crippen molar-refractivity contribution in [3.63, 3.8) is 0 Å². The fourth-order valence-corrected chi connectivity index (χ4v) is 4.48. The molecule has 0 atom stereocenters. The summed E-state index contributed by atoms with van der Waals surface area (Å²) in [5, 5.41) is 29.9. The molecule has 1 aliphatic heterocycles. The van der Waals surface area contributed by atoms with Gasteiger partial charge < -0.3 is 9.64 Å². The minimum absolute atomic E-state index is 0.0173. The van der Waals surface area contributed by atoms with E-state index in [9.17, 15) is 39.0 Å². The minimum Gasteiger partial charge on any atom is -0.464 e. The van der Waals surface area contributed by atoms with Crippen LogP contribution in [0, 0.1) is 26.0 Å². The van der Waals surface area contributed by atoms with E-state index in [4.69, 9.17) is 4.74 Å². The Morgan fingerprint density at radius 1 is 1.00 bits per heavy atom. The first-order valence-corrected chi connectivity index (χ1v) is 12.9. The first-order valence-electron chi connectivity index (χ1n) is 12.1. The van der Waals surface area contributed by atoms with Gasteiger partial charge in [0.05, 0.1) is 50.2 Å². The zero-order valence-corrected chi connectivity index (χ0v) is 23.3. The molecular formula is C26H20BrFN6O8. The highest BCUT2D eigenvalue weighted by Crippen LogP contribution is 2.42. The van der Waals surface area contributed by atoms with Crippen LogP contribution in [0.5, 0.6) is 0 Å². The molecule has 3 aromatic rings. The second-order valence-electron chi connectivity index (χ2n) is 8.82. The van der Waals surface area contributed by atoms with Crippen LogP contribution in [0.2, 0.25) is 0 Å². The number of nitrogens with zero attached hydrogens (tertiary/aromatic N) is 6. The molecule has 0 spiro atoms. The molecule has 0 saturated heterocycles. The molecule has 0 N–H and O–H groups in total. The summed E-state index contributed by atoms with van der Waals surface area (Å²) >= 11 is 2.78. The first-order chi connectivity index (χ1) is 20.0. The highest BCUT2D eigenvalue weighted by atomic mass is 79.9. The number of benzene rings is 3. The fourth-order valence-electron chi connectivity index (χ4n) is 3.99. The van der Waals surface area contributed by atoms with Crippen molar-refractivity contribution in [1.29, 1.82) is 0 Å². The molecule has 42 heavy (non-hydrogen) atoms. The Bertz CT molecular complexity index is 1600. The van der Waals surface area contributed by atoms with E-state index in [1.807, 2.05) is 0 Å². The number of carbonyl (C=O) groups excluding carboxylic acids is 3. The van der Waals surface area contributed by atoms with Crippen LogP contribution in [0.15, 0.2) is 69.3 Å². The molecule has 0 radical (unpaired) electrons. The summed E-state index contributed by atoms with van der Waals surface area (Å²) in [5.74, 6) is -2.70. The largest absolute Gasteiger partial charge is 0.464 e.